The predicted molar refractivity (Wildman–Crippen MR) is 143 cm³/mol. The molecule has 0 spiro atoms. The Labute approximate surface area is 203 Å². The lowest BCUT2D eigenvalue weighted by molar-refractivity contribution is 0.273. The van der Waals surface area contributed by atoms with Crippen molar-refractivity contribution in [1.29, 1.82) is 0 Å². The lowest BCUT2D eigenvalue weighted by Gasteiger charge is -2.45. The molecule has 170 valence electrons. The molecule has 1 aromatic rings. The molecule has 0 fully saturated rings. The second-order valence-corrected chi connectivity index (χ2v) is 13.6. The second kappa shape index (κ2) is 14.1. The fourth-order valence-corrected chi connectivity index (χ4v) is 6.63. The van der Waals surface area contributed by atoms with E-state index in [9.17, 15) is 0 Å². The van der Waals surface area contributed by atoms with Gasteiger partial charge in [-0.25, -0.2) is 0 Å². The molecule has 2 heteroatoms. The average molecular weight is 540 g/mol. The minimum absolute atomic E-state index is 0.0582. The van der Waals surface area contributed by atoms with E-state index in [2.05, 4.69) is 82.1 Å². The molecule has 0 aliphatic heterocycles. The minimum Gasteiger partial charge on any atom is -0.0779 e. The van der Waals surface area contributed by atoms with E-state index in [-0.39, 0.29) is 3.23 Å². The van der Waals surface area contributed by atoms with Gasteiger partial charge in [0.25, 0.3) is 0 Å². The molecule has 0 atom stereocenters. The maximum absolute atomic E-state index is 4.03. The first-order valence-corrected chi connectivity index (χ1v) is 14.3. The van der Waals surface area contributed by atoms with Crippen LogP contribution in [0.4, 0.5) is 0 Å². The van der Waals surface area contributed by atoms with E-state index in [4.69, 9.17) is 0 Å². The van der Waals surface area contributed by atoms with Crippen LogP contribution in [-0.4, -0.2) is 3.23 Å². The van der Waals surface area contributed by atoms with Crippen molar-refractivity contribution in [3.63, 3.8) is 0 Å². The Hall–Kier alpha value is -0.0800. The molecular weight excluding hydrogens is 496 g/mol. The molecule has 1 aromatic carbocycles. The Balaban J connectivity index is 2.12. The van der Waals surface area contributed by atoms with Gasteiger partial charge in [0.05, 0.1) is 3.23 Å². The van der Waals surface area contributed by atoms with Crippen LogP contribution in [-0.2, 0) is 0 Å². The molecule has 0 aromatic heterocycles. The molecule has 1 aliphatic carbocycles. The van der Waals surface area contributed by atoms with Crippen molar-refractivity contribution >= 4 is 37.4 Å². The second-order valence-electron chi connectivity index (χ2n) is 9.54. The standard InChI is InChI=1S/C28H44Br2/c1-3-5-7-9-11-16-21-27(22-17-12-10-8-6-4-2)24-28(29,30)23-20-26(27)25-18-14-13-15-19-25/h13-15,18-20H,3-12,16-17,21-24H2,1-2H3. The zero-order valence-electron chi connectivity index (χ0n) is 19.5. The Morgan fingerprint density at radius 3 is 1.73 bits per heavy atom. The van der Waals surface area contributed by atoms with Gasteiger partial charge in [0, 0.05) is 0 Å². The van der Waals surface area contributed by atoms with Crippen LogP contribution in [0.1, 0.15) is 122 Å². The highest BCUT2D eigenvalue weighted by atomic mass is 79.9. The molecular formula is C28H44Br2. The van der Waals surface area contributed by atoms with Gasteiger partial charge in [-0.2, -0.15) is 0 Å². The monoisotopic (exact) mass is 538 g/mol. The lowest BCUT2D eigenvalue weighted by atomic mass is 9.64. The number of hydrogen-bond acceptors (Lipinski definition) is 0. The zero-order valence-corrected chi connectivity index (χ0v) is 22.7. The van der Waals surface area contributed by atoms with Crippen LogP contribution in [0.25, 0.3) is 5.57 Å². The van der Waals surface area contributed by atoms with Crippen molar-refractivity contribution in [2.45, 2.75) is 120 Å². The number of hydrogen-bond donors (Lipinski definition) is 0. The number of benzene rings is 1. The van der Waals surface area contributed by atoms with Gasteiger partial charge in [0.2, 0.25) is 0 Å². The normalized spacial score (nSPS) is 17.7. The molecule has 0 saturated heterocycles. The number of halogens is 2. The van der Waals surface area contributed by atoms with Crippen LogP contribution in [0.3, 0.4) is 0 Å². The Morgan fingerprint density at radius 2 is 1.20 bits per heavy atom. The molecule has 0 N–H and O–H groups in total. The van der Waals surface area contributed by atoms with Crippen molar-refractivity contribution in [2.24, 2.45) is 5.41 Å². The first-order chi connectivity index (χ1) is 14.5. The summed E-state index contributed by atoms with van der Waals surface area (Å²) in [4.78, 5) is 0. The number of alkyl halides is 2. The topological polar surface area (TPSA) is 0 Å². The average Bonchev–Trinajstić information content (AvgIpc) is 2.73. The maximum atomic E-state index is 4.03. The van der Waals surface area contributed by atoms with E-state index < -0.39 is 0 Å². The van der Waals surface area contributed by atoms with Crippen LogP contribution in [0, 0.1) is 5.41 Å². The van der Waals surface area contributed by atoms with E-state index in [1.165, 1.54) is 102 Å². The van der Waals surface area contributed by atoms with Crippen molar-refractivity contribution in [3.8, 4) is 0 Å². The molecule has 0 nitrogen and oxygen atoms in total. The van der Waals surface area contributed by atoms with E-state index >= 15 is 0 Å². The van der Waals surface area contributed by atoms with Crippen LogP contribution in [0.15, 0.2) is 36.4 Å². The molecule has 0 amide bonds. The van der Waals surface area contributed by atoms with E-state index in [1.54, 1.807) is 5.57 Å². The summed E-state index contributed by atoms with van der Waals surface area (Å²) in [6.45, 7) is 4.61. The number of unbranched alkanes of at least 4 members (excludes halogenated alkanes) is 10. The SMILES string of the molecule is CCCCCCCCC1(CCCCCCCC)CC(Br)(Br)CC=C1c1ccccc1. The molecule has 2 rings (SSSR count). The summed E-state index contributed by atoms with van der Waals surface area (Å²) in [5, 5.41) is 0. The lowest BCUT2D eigenvalue weighted by Crippen LogP contribution is -2.34. The molecule has 0 heterocycles. The van der Waals surface area contributed by atoms with E-state index in [0.29, 0.717) is 5.41 Å². The molecule has 1 aliphatic rings. The summed E-state index contributed by atoms with van der Waals surface area (Å²) in [6.07, 6.45) is 24.0. The van der Waals surface area contributed by atoms with Crippen molar-refractivity contribution in [1.82, 2.24) is 0 Å². The predicted octanol–water partition coefficient (Wildman–Crippen LogP) is 10.8. The quantitative estimate of drug-likeness (QED) is 0.153. The highest BCUT2D eigenvalue weighted by Gasteiger charge is 2.43. The largest absolute Gasteiger partial charge is 0.0848 e. The summed E-state index contributed by atoms with van der Waals surface area (Å²) in [7, 11) is 0. The van der Waals surface area contributed by atoms with Crippen LogP contribution in [0.2, 0.25) is 0 Å². The van der Waals surface area contributed by atoms with Gasteiger partial charge in [0.1, 0.15) is 0 Å². The fraction of sp³-hybridized carbons (Fsp3) is 0.714. The van der Waals surface area contributed by atoms with Crippen LogP contribution < -0.4 is 0 Å². The van der Waals surface area contributed by atoms with Crippen LogP contribution in [0.5, 0.6) is 0 Å². The number of allylic oxidation sites excluding steroid dienone is 2. The first kappa shape index (κ1) is 26.2. The Kier molecular flexibility index (Phi) is 12.3. The van der Waals surface area contributed by atoms with Gasteiger partial charge in [-0.1, -0.05) is 159 Å². The third-order valence-electron chi connectivity index (χ3n) is 6.88. The maximum Gasteiger partial charge on any atom is 0.0848 e. The van der Waals surface area contributed by atoms with Crippen molar-refractivity contribution in [2.75, 3.05) is 0 Å². The summed E-state index contributed by atoms with van der Waals surface area (Å²) in [6, 6.07) is 11.2. The highest BCUT2D eigenvalue weighted by molar-refractivity contribution is 9.25. The van der Waals surface area contributed by atoms with Gasteiger partial charge < -0.3 is 0 Å². The van der Waals surface area contributed by atoms with E-state index in [1.807, 2.05) is 0 Å². The molecule has 0 saturated carbocycles. The molecule has 30 heavy (non-hydrogen) atoms. The molecule has 0 bridgehead atoms. The van der Waals surface area contributed by atoms with Crippen molar-refractivity contribution in [3.05, 3.63) is 42.0 Å². The summed E-state index contributed by atoms with van der Waals surface area (Å²) in [5.74, 6) is 0. The zero-order chi connectivity index (χ0) is 21.7. The number of rotatable bonds is 15. The summed E-state index contributed by atoms with van der Waals surface area (Å²) < 4.78 is 0.0582. The minimum atomic E-state index is 0.0582. The van der Waals surface area contributed by atoms with Gasteiger partial charge in [-0.15, -0.1) is 0 Å². The van der Waals surface area contributed by atoms with Gasteiger partial charge in [-0.05, 0) is 42.2 Å². The van der Waals surface area contributed by atoms with Gasteiger partial charge >= 0.3 is 0 Å². The van der Waals surface area contributed by atoms with Crippen molar-refractivity contribution < 1.29 is 0 Å². The third-order valence-corrected chi connectivity index (χ3v) is 8.08. The van der Waals surface area contributed by atoms with Gasteiger partial charge in [-0.3, -0.25) is 0 Å². The molecule has 0 unspecified atom stereocenters. The fourth-order valence-electron chi connectivity index (χ4n) is 5.23. The smallest absolute Gasteiger partial charge is 0.0779 e. The highest BCUT2D eigenvalue weighted by Crippen LogP contribution is 2.57. The first-order valence-electron chi connectivity index (χ1n) is 12.7. The van der Waals surface area contributed by atoms with Crippen LogP contribution >= 0.6 is 31.9 Å². The Bertz CT molecular complexity index is 586. The summed E-state index contributed by atoms with van der Waals surface area (Å²) >= 11 is 8.05. The summed E-state index contributed by atoms with van der Waals surface area (Å²) in [5.41, 5.74) is 3.37. The Morgan fingerprint density at radius 1 is 0.700 bits per heavy atom. The third kappa shape index (κ3) is 8.81. The van der Waals surface area contributed by atoms with E-state index in [0.717, 1.165) is 6.42 Å². The molecule has 0 radical (unpaired) electrons. The van der Waals surface area contributed by atoms with Gasteiger partial charge in [0.15, 0.2) is 0 Å².